The monoisotopic (exact) mass is 464 g/mol. The maximum Gasteiger partial charge on any atom is 0.264 e. The molecule has 0 spiro atoms. The van der Waals surface area contributed by atoms with Gasteiger partial charge >= 0.3 is 0 Å². The Bertz CT molecular complexity index is 1060. The Labute approximate surface area is 196 Å². The smallest absolute Gasteiger partial charge is 0.264 e. The van der Waals surface area contributed by atoms with E-state index in [1.807, 2.05) is 77.0 Å². The fourth-order valence-corrected chi connectivity index (χ4v) is 4.52. The van der Waals surface area contributed by atoms with Crippen molar-refractivity contribution in [2.24, 2.45) is 0 Å². The maximum absolute atomic E-state index is 12.5. The summed E-state index contributed by atoms with van der Waals surface area (Å²) in [6.07, 6.45) is 0.280. The quantitative estimate of drug-likeness (QED) is 0.563. The lowest BCUT2D eigenvalue weighted by Gasteiger charge is -2.36. The molecule has 0 atom stereocenters. The molecule has 1 aliphatic heterocycles. The van der Waals surface area contributed by atoms with Crippen LogP contribution in [0.5, 0.6) is 0 Å². The highest BCUT2D eigenvalue weighted by atomic mass is 32.1. The minimum absolute atomic E-state index is 0.113. The lowest BCUT2D eigenvalue weighted by molar-refractivity contribution is -0.119. The van der Waals surface area contributed by atoms with Crippen LogP contribution in [-0.4, -0.2) is 48.0 Å². The van der Waals surface area contributed by atoms with E-state index in [4.69, 9.17) is 12.2 Å². The van der Waals surface area contributed by atoms with Gasteiger partial charge in [-0.25, -0.2) is 0 Å². The fourth-order valence-electron chi connectivity index (χ4n) is 3.59. The predicted octanol–water partition coefficient (Wildman–Crippen LogP) is 3.77. The predicted molar refractivity (Wildman–Crippen MR) is 133 cm³/mol. The van der Waals surface area contributed by atoms with E-state index in [0.717, 1.165) is 34.9 Å². The largest absolute Gasteiger partial charge is 0.368 e. The zero-order valence-electron chi connectivity index (χ0n) is 17.5. The summed E-state index contributed by atoms with van der Waals surface area (Å²) in [5.74, 6) is -0.0395. The van der Waals surface area contributed by atoms with E-state index in [1.165, 1.54) is 11.3 Å². The number of thiocarbonyl (C=S) groups is 1. The van der Waals surface area contributed by atoms with Gasteiger partial charge in [0.1, 0.15) is 0 Å². The number of thiophene rings is 1. The number of nitrogens with zero attached hydrogens (tertiary/aromatic N) is 2. The number of nitrogens with one attached hydrogen (secondary N) is 2. The van der Waals surface area contributed by atoms with E-state index < -0.39 is 0 Å². The fraction of sp³-hybridized carbons (Fsp3) is 0.208. The molecule has 2 aromatic carbocycles. The number of anilines is 2. The van der Waals surface area contributed by atoms with Crippen molar-refractivity contribution in [3.05, 3.63) is 82.6 Å². The lowest BCUT2D eigenvalue weighted by Crippen LogP contribution is -2.48. The van der Waals surface area contributed by atoms with Crippen molar-refractivity contribution in [2.75, 3.05) is 36.4 Å². The second kappa shape index (κ2) is 10.4. The van der Waals surface area contributed by atoms with Gasteiger partial charge in [-0.05, 0) is 53.5 Å². The van der Waals surface area contributed by atoms with Crippen LogP contribution in [0.15, 0.2) is 72.1 Å². The highest BCUT2D eigenvalue weighted by Gasteiger charge is 2.22. The van der Waals surface area contributed by atoms with Crippen LogP contribution in [0, 0.1) is 0 Å². The van der Waals surface area contributed by atoms with Crippen LogP contribution in [0.25, 0.3) is 0 Å². The Morgan fingerprint density at radius 1 is 0.906 bits per heavy atom. The van der Waals surface area contributed by atoms with Gasteiger partial charge in [-0.2, -0.15) is 0 Å². The molecule has 4 rings (SSSR count). The van der Waals surface area contributed by atoms with E-state index in [-0.39, 0.29) is 23.3 Å². The summed E-state index contributed by atoms with van der Waals surface area (Å²) in [5.41, 5.74) is 2.84. The zero-order valence-corrected chi connectivity index (χ0v) is 19.1. The molecule has 1 aliphatic rings. The first-order chi connectivity index (χ1) is 15.6. The molecule has 2 N–H and O–H groups in total. The number of benzene rings is 2. The number of rotatable bonds is 5. The number of hydrogen-bond acceptors (Lipinski definition) is 5. The van der Waals surface area contributed by atoms with E-state index in [1.54, 1.807) is 0 Å². The van der Waals surface area contributed by atoms with Crippen LogP contribution < -0.4 is 15.5 Å². The van der Waals surface area contributed by atoms with Gasteiger partial charge in [0.2, 0.25) is 5.91 Å². The normalized spacial score (nSPS) is 13.5. The average Bonchev–Trinajstić information content (AvgIpc) is 3.35. The number of amides is 2. The zero-order chi connectivity index (χ0) is 22.3. The summed E-state index contributed by atoms with van der Waals surface area (Å²) in [7, 11) is 0. The molecule has 6 nitrogen and oxygen atoms in total. The first-order valence-electron chi connectivity index (χ1n) is 10.4. The molecule has 0 aliphatic carbocycles. The molecule has 0 bridgehead atoms. The SMILES string of the molecule is O=C(Cc1ccccc1)NC(=S)Nc1ccc(N2CCN(C(=O)c3cccs3)CC2)cc1. The second-order valence-corrected chi connectivity index (χ2v) is 8.82. The minimum atomic E-state index is -0.153. The van der Waals surface area contributed by atoms with Crippen molar-refractivity contribution in [1.29, 1.82) is 0 Å². The molecule has 1 fully saturated rings. The Morgan fingerprint density at radius 3 is 2.28 bits per heavy atom. The summed E-state index contributed by atoms with van der Waals surface area (Å²) < 4.78 is 0. The molecule has 32 heavy (non-hydrogen) atoms. The van der Waals surface area contributed by atoms with Gasteiger partial charge in [-0.3, -0.25) is 9.59 Å². The van der Waals surface area contributed by atoms with Crippen molar-refractivity contribution in [3.63, 3.8) is 0 Å². The molecule has 8 heteroatoms. The van der Waals surface area contributed by atoms with Gasteiger partial charge in [-0.15, -0.1) is 11.3 Å². The van der Waals surface area contributed by atoms with E-state index in [0.29, 0.717) is 13.1 Å². The van der Waals surface area contributed by atoms with Crippen molar-refractivity contribution in [3.8, 4) is 0 Å². The van der Waals surface area contributed by atoms with Crippen molar-refractivity contribution in [2.45, 2.75) is 6.42 Å². The van der Waals surface area contributed by atoms with E-state index in [2.05, 4.69) is 15.5 Å². The third-order valence-corrected chi connectivity index (χ3v) is 6.31. The Balaban J connectivity index is 1.25. The summed E-state index contributed by atoms with van der Waals surface area (Å²) >= 11 is 6.75. The first kappa shape index (κ1) is 22.0. The van der Waals surface area contributed by atoms with Crippen molar-refractivity contribution < 1.29 is 9.59 Å². The van der Waals surface area contributed by atoms with Crippen LogP contribution >= 0.6 is 23.6 Å². The molecule has 164 valence electrons. The topological polar surface area (TPSA) is 64.7 Å². The van der Waals surface area contributed by atoms with E-state index >= 15 is 0 Å². The summed E-state index contributed by atoms with van der Waals surface area (Å²) in [5, 5.41) is 7.98. The Morgan fingerprint density at radius 2 is 1.62 bits per heavy atom. The molecule has 3 aromatic rings. The third kappa shape index (κ3) is 5.72. The highest BCUT2D eigenvalue weighted by Crippen LogP contribution is 2.21. The highest BCUT2D eigenvalue weighted by molar-refractivity contribution is 7.80. The van der Waals surface area contributed by atoms with E-state index in [9.17, 15) is 9.59 Å². The van der Waals surface area contributed by atoms with Gasteiger partial charge in [0, 0.05) is 37.6 Å². The molecule has 1 aromatic heterocycles. The number of hydrogen-bond donors (Lipinski definition) is 2. The first-order valence-corrected chi connectivity index (χ1v) is 11.7. The van der Waals surface area contributed by atoms with Crippen molar-refractivity contribution in [1.82, 2.24) is 10.2 Å². The standard InChI is InChI=1S/C24H24N4O2S2/c29-22(17-18-5-2-1-3-6-18)26-24(31)25-19-8-10-20(11-9-19)27-12-14-28(15-13-27)23(30)21-7-4-16-32-21/h1-11,16H,12-15,17H2,(H2,25,26,29,31). The maximum atomic E-state index is 12.5. The van der Waals surface area contributed by atoms with Gasteiger partial charge < -0.3 is 20.4 Å². The Hall–Kier alpha value is -3.23. The van der Waals surface area contributed by atoms with Crippen LogP contribution in [-0.2, 0) is 11.2 Å². The number of piperazine rings is 1. The molecule has 2 heterocycles. The van der Waals surface area contributed by atoms with Crippen LogP contribution in [0.1, 0.15) is 15.2 Å². The van der Waals surface area contributed by atoms with Crippen molar-refractivity contribution >= 4 is 51.9 Å². The molecular weight excluding hydrogens is 440 g/mol. The molecule has 1 saturated heterocycles. The second-order valence-electron chi connectivity index (χ2n) is 7.47. The van der Waals surface area contributed by atoms with Crippen LogP contribution in [0.3, 0.4) is 0 Å². The Kier molecular flexibility index (Phi) is 7.14. The molecule has 0 unspecified atom stereocenters. The summed E-state index contributed by atoms with van der Waals surface area (Å²) in [4.78, 5) is 29.6. The lowest BCUT2D eigenvalue weighted by atomic mass is 10.1. The van der Waals surface area contributed by atoms with Gasteiger partial charge in [-0.1, -0.05) is 36.4 Å². The molecule has 0 radical (unpaired) electrons. The number of carbonyl (C=O) groups is 2. The summed E-state index contributed by atoms with van der Waals surface area (Å²) in [6.45, 7) is 2.98. The van der Waals surface area contributed by atoms with Crippen LogP contribution in [0.2, 0.25) is 0 Å². The van der Waals surface area contributed by atoms with Gasteiger partial charge in [0.05, 0.1) is 11.3 Å². The van der Waals surface area contributed by atoms with Crippen LogP contribution in [0.4, 0.5) is 11.4 Å². The third-order valence-electron chi connectivity index (χ3n) is 5.25. The van der Waals surface area contributed by atoms with Gasteiger partial charge in [0.25, 0.3) is 5.91 Å². The molecule has 2 amide bonds. The average molecular weight is 465 g/mol. The molecule has 0 saturated carbocycles. The number of carbonyl (C=O) groups excluding carboxylic acids is 2. The minimum Gasteiger partial charge on any atom is -0.368 e. The molecular formula is C24H24N4O2S2. The summed E-state index contributed by atoms with van der Waals surface area (Å²) in [6, 6.07) is 21.2. The van der Waals surface area contributed by atoms with Gasteiger partial charge in [0.15, 0.2) is 5.11 Å².